The van der Waals surface area contributed by atoms with Gasteiger partial charge in [0.05, 0.1) is 12.0 Å². The number of methoxy groups -OCH3 is 1. The first kappa shape index (κ1) is 21.2. The number of halogens is 2. The maximum atomic E-state index is 13.3. The predicted molar refractivity (Wildman–Crippen MR) is 104 cm³/mol. The number of ether oxygens (including phenoxy) is 1. The van der Waals surface area contributed by atoms with E-state index in [2.05, 4.69) is 5.32 Å². The standard InChI is InChI=1S/C20H22F2N2O4S/c1-28-19-8-6-16(29(26,27)24-10-2-3-11-24)12-14(19)4-9-20(25)23-15-5-7-17(21)18(22)13-15/h5-8,12-13H,2-4,9-11H2,1H3,(H,23,25). The molecule has 9 heteroatoms. The van der Waals surface area contributed by atoms with E-state index in [9.17, 15) is 22.0 Å². The highest BCUT2D eigenvalue weighted by Crippen LogP contribution is 2.27. The van der Waals surface area contributed by atoms with Crippen LogP contribution in [0.5, 0.6) is 5.75 Å². The summed E-state index contributed by atoms with van der Waals surface area (Å²) in [6.45, 7) is 1.00. The number of benzene rings is 2. The molecular formula is C20H22F2N2O4S. The molecular weight excluding hydrogens is 402 g/mol. The molecule has 0 bridgehead atoms. The van der Waals surface area contributed by atoms with Crippen LogP contribution in [0.25, 0.3) is 0 Å². The summed E-state index contributed by atoms with van der Waals surface area (Å²) in [5.41, 5.74) is 0.722. The second-order valence-electron chi connectivity index (χ2n) is 6.76. The molecule has 1 amide bonds. The van der Waals surface area contributed by atoms with E-state index in [-0.39, 0.29) is 23.4 Å². The topological polar surface area (TPSA) is 75.7 Å². The molecule has 29 heavy (non-hydrogen) atoms. The molecule has 2 aromatic carbocycles. The van der Waals surface area contributed by atoms with E-state index < -0.39 is 27.6 Å². The lowest BCUT2D eigenvalue weighted by molar-refractivity contribution is -0.116. The Morgan fingerprint density at radius 3 is 2.48 bits per heavy atom. The van der Waals surface area contributed by atoms with Gasteiger partial charge in [0.25, 0.3) is 0 Å². The van der Waals surface area contributed by atoms with Crippen LogP contribution in [0.15, 0.2) is 41.3 Å². The van der Waals surface area contributed by atoms with Crippen molar-refractivity contribution in [1.82, 2.24) is 4.31 Å². The quantitative estimate of drug-likeness (QED) is 0.740. The first-order chi connectivity index (χ1) is 13.8. The molecule has 0 unspecified atom stereocenters. The Morgan fingerprint density at radius 2 is 1.83 bits per heavy atom. The zero-order valence-electron chi connectivity index (χ0n) is 16.0. The third kappa shape index (κ3) is 4.91. The summed E-state index contributed by atoms with van der Waals surface area (Å²) in [6, 6.07) is 7.69. The number of aryl methyl sites for hydroxylation is 1. The summed E-state index contributed by atoms with van der Waals surface area (Å²) in [4.78, 5) is 12.3. The number of hydrogen-bond acceptors (Lipinski definition) is 4. The molecule has 1 N–H and O–H groups in total. The fourth-order valence-electron chi connectivity index (χ4n) is 3.23. The molecule has 1 saturated heterocycles. The van der Waals surface area contributed by atoms with Crippen LogP contribution in [0.1, 0.15) is 24.8 Å². The number of nitrogens with one attached hydrogen (secondary N) is 1. The van der Waals surface area contributed by atoms with Crippen LogP contribution in [-0.2, 0) is 21.2 Å². The van der Waals surface area contributed by atoms with E-state index in [4.69, 9.17) is 4.74 Å². The number of carbonyl (C=O) groups is 1. The molecule has 0 aromatic heterocycles. The van der Waals surface area contributed by atoms with Gasteiger partial charge in [0, 0.05) is 31.3 Å². The maximum Gasteiger partial charge on any atom is 0.243 e. The van der Waals surface area contributed by atoms with Gasteiger partial charge in [0.15, 0.2) is 11.6 Å². The first-order valence-electron chi connectivity index (χ1n) is 9.23. The Bertz CT molecular complexity index is 1010. The lowest BCUT2D eigenvalue weighted by Gasteiger charge is -2.17. The first-order valence-corrected chi connectivity index (χ1v) is 10.7. The number of carbonyl (C=O) groups excluding carboxylic acids is 1. The van der Waals surface area contributed by atoms with Gasteiger partial charge in [-0.05, 0) is 55.2 Å². The smallest absolute Gasteiger partial charge is 0.243 e. The summed E-state index contributed by atoms with van der Waals surface area (Å²) in [7, 11) is -2.11. The second kappa shape index (κ2) is 8.87. The summed E-state index contributed by atoms with van der Waals surface area (Å²) in [5.74, 6) is -1.98. The Kier molecular flexibility index (Phi) is 6.49. The van der Waals surface area contributed by atoms with Crippen molar-refractivity contribution in [1.29, 1.82) is 0 Å². The Labute approximate surface area is 168 Å². The fourth-order valence-corrected chi connectivity index (χ4v) is 4.80. The molecule has 3 rings (SSSR count). The van der Waals surface area contributed by atoms with E-state index in [0.717, 1.165) is 25.0 Å². The minimum absolute atomic E-state index is 0.0164. The van der Waals surface area contributed by atoms with E-state index in [1.807, 2.05) is 0 Å². The molecule has 6 nitrogen and oxygen atoms in total. The summed E-state index contributed by atoms with van der Waals surface area (Å²) < 4.78 is 58.5. The average Bonchev–Trinajstić information content (AvgIpc) is 3.24. The van der Waals surface area contributed by atoms with Crippen molar-refractivity contribution in [3.63, 3.8) is 0 Å². The van der Waals surface area contributed by atoms with Crippen molar-refractivity contribution in [2.75, 3.05) is 25.5 Å². The molecule has 1 aliphatic rings. The van der Waals surface area contributed by atoms with Gasteiger partial charge in [-0.2, -0.15) is 4.31 Å². The Morgan fingerprint density at radius 1 is 1.10 bits per heavy atom. The third-order valence-corrected chi connectivity index (χ3v) is 6.67. The van der Waals surface area contributed by atoms with E-state index in [0.29, 0.717) is 24.4 Å². The largest absolute Gasteiger partial charge is 0.496 e. The number of anilines is 1. The molecule has 0 spiro atoms. The zero-order chi connectivity index (χ0) is 21.0. The normalized spacial score (nSPS) is 14.7. The second-order valence-corrected chi connectivity index (χ2v) is 8.70. The van der Waals surface area contributed by atoms with Gasteiger partial charge in [-0.1, -0.05) is 0 Å². The van der Waals surface area contributed by atoms with Crippen molar-refractivity contribution >= 4 is 21.6 Å². The van der Waals surface area contributed by atoms with Crippen molar-refractivity contribution in [3.8, 4) is 5.75 Å². The van der Waals surface area contributed by atoms with Gasteiger partial charge in [0.2, 0.25) is 15.9 Å². The van der Waals surface area contributed by atoms with Crippen molar-refractivity contribution in [2.45, 2.75) is 30.6 Å². The van der Waals surface area contributed by atoms with Crippen LogP contribution in [0.4, 0.5) is 14.5 Å². The van der Waals surface area contributed by atoms with Crippen molar-refractivity contribution < 1.29 is 26.7 Å². The van der Waals surface area contributed by atoms with Crippen LogP contribution in [0.2, 0.25) is 0 Å². The fraction of sp³-hybridized carbons (Fsp3) is 0.350. The zero-order valence-corrected chi connectivity index (χ0v) is 16.8. The predicted octanol–water partition coefficient (Wildman–Crippen LogP) is 3.33. The SMILES string of the molecule is COc1ccc(S(=O)(=O)N2CCCC2)cc1CCC(=O)Nc1ccc(F)c(F)c1. The summed E-state index contributed by atoms with van der Waals surface area (Å²) in [5, 5.41) is 2.49. The van der Waals surface area contributed by atoms with E-state index in [1.165, 1.54) is 29.6 Å². The minimum atomic E-state index is -3.58. The minimum Gasteiger partial charge on any atom is -0.496 e. The lowest BCUT2D eigenvalue weighted by Crippen LogP contribution is -2.28. The Hall–Kier alpha value is -2.52. The van der Waals surface area contributed by atoms with Crippen molar-refractivity contribution in [3.05, 3.63) is 53.6 Å². The van der Waals surface area contributed by atoms with Crippen LogP contribution in [0, 0.1) is 11.6 Å². The van der Waals surface area contributed by atoms with Gasteiger partial charge in [-0.3, -0.25) is 4.79 Å². The average molecular weight is 424 g/mol. The number of nitrogens with zero attached hydrogens (tertiary/aromatic N) is 1. The van der Waals surface area contributed by atoms with Crippen LogP contribution in [0.3, 0.4) is 0 Å². The van der Waals surface area contributed by atoms with Crippen LogP contribution in [-0.4, -0.2) is 38.8 Å². The molecule has 0 atom stereocenters. The maximum absolute atomic E-state index is 13.3. The van der Waals surface area contributed by atoms with Gasteiger partial charge in [-0.25, -0.2) is 17.2 Å². The molecule has 1 fully saturated rings. The number of amides is 1. The molecule has 0 saturated carbocycles. The van der Waals surface area contributed by atoms with Gasteiger partial charge in [0.1, 0.15) is 5.75 Å². The van der Waals surface area contributed by atoms with Crippen molar-refractivity contribution in [2.24, 2.45) is 0 Å². The number of hydrogen-bond donors (Lipinski definition) is 1. The van der Waals surface area contributed by atoms with E-state index >= 15 is 0 Å². The van der Waals surface area contributed by atoms with Gasteiger partial charge in [-0.15, -0.1) is 0 Å². The lowest BCUT2D eigenvalue weighted by atomic mass is 10.1. The molecule has 1 heterocycles. The molecule has 156 valence electrons. The molecule has 0 aliphatic carbocycles. The Balaban J connectivity index is 1.72. The molecule has 2 aromatic rings. The van der Waals surface area contributed by atoms with Gasteiger partial charge >= 0.3 is 0 Å². The highest BCUT2D eigenvalue weighted by Gasteiger charge is 2.27. The van der Waals surface area contributed by atoms with Crippen LogP contribution >= 0.6 is 0 Å². The molecule has 1 aliphatic heterocycles. The molecule has 0 radical (unpaired) electrons. The number of sulfonamides is 1. The highest BCUT2D eigenvalue weighted by molar-refractivity contribution is 7.89. The monoisotopic (exact) mass is 424 g/mol. The van der Waals surface area contributed by atoms with Crippen LogP contribution < -0.4 is 10.1 Å². The highest BCUT2D eigenvalue weighted by atomic mass is 32.2. The van der Waals surface area contributed by atoms with E-state index in [1.54, 1.807) is 6.07 Å². The third-order valence-electron chi connectivity index (χ3n) is 4.78. The summed E-state index contributed by atoms with van der Waals surface area (Å²) >= 11 is 0. The number of rotatable bonds is 7. The van der Waals surface area contributed by atoms with Gasteiger partial charge < -0.3 is 10.1 Å². The summed E-state index contributed by atoms with van der Waals surface area (Å²) in [6.07, 6.45) is 1.92.